The molecule has 2 rings (SSSR count). The Bertz CT molecular complexity index is 1050. The molecule has 0 saturated carbocycles. The highest BCUT2D eigenvalue weighted by Crippen LogP contribution is 2.19. The van der Waals surface area contributed by atoms with E-state index < -0.39 is 14.7 Å². The van der Waals surface area contributed by atoms with Crippen molar-refractivity contribution in [2.75, 3.05) is 0 Å². The maximum atomic E-state index is 12.4. The van der Waals surface area contributed by atoms with E-state index in [1.54, 1.807) is 48.5 Å². The Morgan fingerprint density at radius 2 is 1.48 bits per heavy atom. The number of hydrogen-bond acceptors (Lipinski definition) is 6. The second kappa shape index (κ2) is 7.70. The molecule has 0 spiro atoms. The van der Waals surface area contributed by atoms with E-state index in [-0.39, 0.29) is 10.6 Å². The fraction of sp³-hybridized carbons (Fsp3) is 0. The van der Waals surface area contributed by atoms with Crippen LogP contribution in [0.2, 0.25) is 0 Å². The van der Waals surface area contributed by atoms with Gasteiger partial charge >= 0.3 is 0 Å². The molecule has 0 bridgehead atoms. The summed E-state index contributed by atoms with van der Waals surface area (Å²) in [5.41, 5.74) is 1.06. The number of aromatic nitrogens is 1. The highest BCUT2D eigenvalue weighted by molar-refractivity contribution is 7.95. The Morgan fingerprint density at radius 3 is 1.96 bits per heavy atom. The van der Waals surface area contributed by atoms with E-state index in [0.717, 1.165) is 0 Å². The van der Waals surface area contributed by atoms with Gasteiger partial charge in [-0.15, -0.1) is 0 Å². The number of allylic oxidation sites excluding steroid dienone is 2. The Morgan fingerprint density at radius 1 is 0.880 bits per heavy atom. The fourth-order valence-corrected chi connectivity index (χ4v) is 2.98. The van der Waals surface area contributed by atoms with E-state index in [4.69, 9.17) is 10.5 Å². The summed E-state index contributed by atoms with van der Waals surface area (Å²) in [4.78, 5) is 3.35. The van der Waals surface area contributed by atoms with Crippen LogP contribution < -0.4 is 0 Å². The van der Waals surface area contributed by atoms with Crippen LogP contribution in [0.15, 0.2) is 64.2 Å². The molecule has 0 unspecified atom stereocenters. The summed E-state index contributed by atoms with van der Waals surface area (Å²) >= 11 is 0. The van der Waals surface area contributed by atoms with E-state index in [9.17, 15) is 13.7 Å². The zero-order valence-corrected chi connectivity index (χ0v) is 13.6. The molecular formula is C18H10N4O2S. The molecule has 0 fully saturated rings. The van der Waals surface area contributed by atoms with Crippen LogP contribution in [0.4, 0.5) is 0 Å². The van der Waals surface area contributed by atoms with Gasteiger partial charge in [-0.1, -0.05) is 30.3 Å². The van der Waals surface area contributed by atoms with Crippen LogP contribution in [-0.4, -0.2) is 13.4 Å². The van der Waals surface area contributed by atoms with Crippen molar-refractivity contribution in [2.24, 2.45) is 0 Å². The van der Waals surface area contributed by atoms with Gasteiger partial charge in [0.2, 0.25) is 9.84 Å². The fourth-order valence-electron chi connectivity index (χ4n) is 1.88. The average Bonchev–Trinajstić information content (AvgIpc) is 2.65. The van der Waals surface area contributed by atoms with Gasteiger partial charge in [0.1, 0.15) is 23.8 Å². The van der Waals surface area contributed by atoms with Crippen molar-refractivity contribution < 1.29 is 8.42 Å². The number of benzene rings is 1. The summed E-state index contributed by atoms with van der Waals surface area (Å²) in [5.74, 6) is 0. The zero-order chi connectivity index (χ0) is 18.3. The van der Waals surface area contributed by atoms with E-state index in [1.807, 2.05) is 0 Å². The van der Waals surface area contributed by atoms with Crippen molar-refractivity contribution in [2.45, 2.75) is 5.03 Å². The van der Waals surface area contributed by atoms with Crippen LogP contribution in [-0.2, 0) is 9.84 Å². The molecule has 6 nitrogen and oxygen atoms in total. The highest BCUT2D eigenvalue weighted by Gasteiger charge is 2.21. The van der Waals surface area contributed by atoms with Crippen molar-refractivity contribution in [1.29, 1.82) is 15.8 Å². The highest BCUT2D eigenvalue weighted by atomic mass is 32.2. The van der Waals surface area contributed by atoms with E-state index in [2.05, 4.69) is 4.98 Å². The summed E-state index contributed by atoms with van der Waals surface area (Å²) in [7, 11) is -4.00. The summed E-state index contributed by atoms with van der Waals surface area (Å²) in [5, 5.41) is 26.5. The van der Waals surface area contributed by atoms with Gasteiger partial charge in [0.15, 0.2) is 9.93 Å². The smallest absolute Gasteiger partial charge is 0.233 e. The van der Waals surface area contributed by atoms with Crippen LogP contribution in [0.1, 0.15) is 11.1 Å². The molecule has 0 aliphatic heterocycles. The number of rotatable bonds is 4. The summed E-state index contributed by atoms with van der Waals surface area (Å²) in [6.45, 7) is 0. The van der Waals surface area contributed by atoms with Gasteiger partial charge in [-0.3, -0.25) is 0 Å². The third-order valence-corrected chi connectivity index (χ3v) is 4.68. The molecule has 2 aromatic rings. The SMILES string of the molecule is N#CC(C#N)=Cc1ccc(C=C(C#N)S(=O)(=O)c2ccccn2)cc1. The first-order chi connectivity index (χ1) is 12.0. The summed E-state index contributed by atoms with van der Waals surface area (Å²) in [6.07, 6.45) is 3.99. The Balaban J connectivity index is 2.39. The Labute approximate surface area is 145 Å². The molecule has 120 valence electrons. The topological polar surface area (TPSA) is 118 Å². The van der Waals surface area contributed by atoms with Crippen molar-refractivity contribution in [1.82, 2.24) is 4.98 Å². The van der Waals surface area contributed by atoms with E-state index in [0.29, 0.717) is 11.1 Å². The summed E-state index contributed by atoms with van der Waals surface area (Å²) in [6, 6.07) is 16.0. The largest absolute Gasteiger partial charge is 0.244 e. The molecule has 1 heterocycles. The maximum Gasteiger partial charge on any atom is 0.233 e. The first-order valence-electron chi connectivity index (χ1n) is 6.91. The third-order valence-electron chi connectivity index (χ3n) is 3.10. The van der Waals surface area contributed by atoms with Gasteiger partial charge in [-0.2, -0.15) is 15.8 Å². The van der Waals surface area contributed by atoms with Crippen LogP contribution in [0, 0.1) is 34.0 Å². The van der Waals surface area contributed by atoms with Crippen molar-refractivity contribution in [3.05, 3.63) is 70.3 Å². The second-order valence-electron chi connectivity index (χ2n) is 4.74. The maximum absolute atomic E-state index is 12.4. The molecule has 7 heteroatoms. The van der Waals surface area contributed by atoms with Crippen LogP contribution in [0.5, 0.6) is 0 Å². The number of nitriles is 3. The molecule has 0 saturated heterocycles. The van der Waals surface area contributed by atoms with Gasteiger partial charge in [0.25, 0.3) is 0 Å². The number of sulfone groups is 1. The molecule has 0 aliphatic rings. The minimum absolute atomic E-state index is 0.0428. The van der Waals surface area contributed by atoms with Gasteiger partial charge in [0, 0.05) is 6.20 Å². The van der Waals surface area contributed by atoms with Gasteiger partial charge in [-0.25, -0.2) is 13.4 Å². The first-order valence-corrected chi connectivity index (χ1v) is 8.39. The number of pyridine rings is 1. The van der Waals surface area contributed by atoms with Crippen molar-refractivity contribution >= 4 is 22.0 Å². The average molecular weight is 346 g/mol. The Hall–Kier alpha value is -3.73. The molecular weight excluding hydrogens is 336 g/mol. The van der Waals surface area contributed by atoms with Crippen molar-refractivity contribution in [3.8, 4) is 18.2 Å². The quantitative estimate of drug-likeness (QED) is 0.785. The number of nitrogens with zero attached hydrogens (tertiary/aromatic N) is 4. The van der Waals surface area contributed by atoms with E-state index in [1.165, 1.54) is 30.5 Å². The third kappa shape index (κ3) is 4.17. The van der Waals surface area contributed by atoms with Gasteiger partial charge in [-0.05, 0) is 35.4 Å². The molecule has 1 aromatic carbocycles. The molecule has 0 N–H and O–H groups in total. The normalized spacial score (nSPS) is 10.8. The second-order valence-corrected chi connectivity index (χ2v) is 6.61. The lowest BCUT2D eigenvalue weighted by Crippen LogP contribution is -2.05. The Kier molecular flexibility index (Phi) is 5.43. The molecule has 1 aromatic heterocycles. The van der Waals surface area contributed by atoms with Crippen LogP contribution in [0.3, 0.4) is 0 Å². The minimum Gasteiger partial charge on any atom is -0.244 e. The van der Waals surface area contributed by atoms with Gasteiger partial charge < -0.3 is 0 Å². The lowest BCUT2D eigenvalue weighted by Gasteiger charge is -2.02. The van der Waals surface area contributed by atoms with Gasteiger partial charge in [0.05, 0.1) is 0 Å². The zero-order valence-electron chi connectivity index (χ0n) is 12.8. The molecule has 0 radical (unpaired) electrons. The standard InChI is InChI=1S/C18H10N4O2S/c19-11-16(12-20)9-14-4-6-15(7-5-14)10-17(13-21)25(23,24)18-3-1-2-8-22-18/h1-10H. The van der Waals surface area contributed by atoms with E-state index >= 15 is 0 Å². The lowest BCUT2D eigenvalue weighted by molar-refractivity contribution is 0.600. The molecule has 25 heavy (non-hydrogen) atoms. The van der Waals surface area contributed by atoms with Crippen molar-refractivity contribution in [3.63, 3.8) is 0 Å². The predicted molar refractivity (Wildman–Crippen MR) is 90.7 cm³/mol. The number of hydrogen-bond donors (Lipinski definition) is 0. The monoisotopic (exact) mass is 346 g/mol. The summed E-state index contributed by atoms with van der Waals surface area (Å²) < 4.78 is 24.8. The lowest BCUT2D eigenvalue weighted by atomic mass is 10.1. The van der Waals surface area contributed by atoms with Crippen LogP contribution in [0.25, 0.3) is 12.2 Å². The molecule has 0 aliphatic carbocycles. The predicted octanol–water partition coefficient (Wildman–Crippen LogP) is 2.85. The molecule has 0 amide bonds. The molecule has 0 atom stereocenters. The first kappa shape index (κ1) is 17.6. The van der Waals surface area contributed by atoms with Crippen LogP contribution >= 0.6 is 0 Å². The minimum atomic E-state index is -4.00.